The minimum Gasteiger partial charge on any atom is -0.410 e. The first-order chi connectivity index (χ1) is 7.91. The second-order valence-electron chi connectivity index (χ2n) is 5.80. The molecule has 18 heavy (non-hydrogen) atoms. The standard InChI is InChI=1S/C11H25O5PSi/c1-7-15-17(13,14)9-10(12)8-16-18(5,6)11(2,3)4/h7-9H2,1-6H3,(H,13,14). The molecule has 0 aliphatic rings. The summed E-state index contributed by atoms with van der Waals surface area (Å²) in [5.41, 5.74) is 0. The van der Waals surface area contributed by atoms with Gasteiger partial charge in [0.1, 0.15) is 6.16 Å². The van der Waals surface area contributed by atoms with E-state index in [0.29, 0.717) is 0 Å². The Morgan fingerprint density at radius 3 is 2.22 bits per heavy atom. The van der Waals surface area contributed by atoms with Crippen LogP contribution in [0.3, 0.4) is 0 Å². The van der Waals surface area contributed by atoms with Crippen LogP contribution in [0, 0.1) is 0 Å². The van der Waals surface area contributed by atoms with E-state index in [-0.39, 0.29) is 24.0 Å². The molecule has 0 bridgehead atoms. The number of carbonyl (C=O) groups is 1. The molecule has 7 heteroatoms. The number of carbonyl (C=O) groups excluding carboxylic acids is 1. The topological polar surface area (TPSA) is 72.8 Å². The number of ketones is 1. The molecular formula is C11H25O5PSi. The van der Waals surface area contributed by atoms with Crippen LogP contribution in [0.5, 0.6) is 0 Å². The van der Waals surface area contributed by atoms with Gasteiger partial charge in [-0.3, -0.25) is 9.36 Å². The number of hydrogen-bond donors (Lipinski definition) is 1. The monoisotopic (exact) mass is 296 g/mol. The van der Waals surface area contributed by atoms with E-state index in [1.807, 2.05) is 13.1 Å². The maximum absolute atomic E-state index is 11.6. The average molecular weight is 296 g/mol. The van der Waals surface area contributed by atoms with Crippen molar-refractivity contribution in [3.63, 3.8) is 0 Å². The van der Waals surface area contributed by atoms with Crippen LogP contribution in [0.2, 0.25) is 18.1 Å². The Kier molecular flexibility index (Phi) is 6.43. The van der Waals surface area contributed by atoms with Crippen LogP contribution in [-0.4, -0.2) is 38.4 Å². The van der Waals surface area contributed by atoms with Crippen molar-refractivity contribution >= 4 is 21.7 Å². The Balaban J connectivity index is 4.33. The highest BCUT2D eigenvalue weighted by Crippen LogP contribution is 2.41. The molecule has 0 aliphatic carbocycles. The summed E-state index contributed by atoms with van der Waals surface area (Å²) >= 11 is 0. The van der Waals surface area contributed by atoms with Crippen LogP contribution in [0.25, 0.3) is 0 Å². The molecular weight excluding hydrogens is 271 g/mol. The maximum atomic E-state index is 11.6. The lowest BCUT2D eigenvalue weighted by atomic mass is 10.2. The smallest absolute Gasteiger partial charge is 0.335 e. The van der Waals surface area contributed by atoms with Crippen LogP contribution < -0.4 is 0 Å². The van der Waals surface area contributed by atoms with Crippen molar-refractivity contribution in [2.75, 3.05) is 19.4 Å². The van der Waals surface area contributed by atoms with E-state index >= 15 is 0 Å². The minimum atomic E-state index is -3.79. The van der Waals surface area contributed by atoms with Crippen molar-refractivity contribution in [1.29, 1.82) is 0 Å². The summed E-state index contributed by atoms with van der Waals surface area (Å²) < 4.78 is 21.7. The van der Waals surface area contributed by atoms with Gasteiger partial charge in [0.25, 0.3) is 0 Å². The summed E-state index contributed by atoms with van der Waals surface area (Å²) in [5, 5.41) is 0.0100. The van der Waals surface area contributed by atoms with Crippen molar-refractivity contribution in [1.82, 2.24) is 0 Å². The third-order valence-electron chi connectivity index (χ3n) is 3.11. The van der Waals surface area contributed by atoms with Gasteiger partial charge in [-0.2, -0.15) is 0 Å². The first-order valence-corrected chi connectivity index (χ1v) is 10.7. The number of rotatable bonds is 7. The van der Waals surface area contributed by atoms with Gasteiger partial charge in [-0.15, -0.1) is 0 Å². The zero-order valence-electron chi connectivity index (χ0n) is 12.1. The van der Waals surface area contributed by atoms with Gasteiger partial charge in [-0.25, -0.2) is 0 Å². The third-order valence-corrected chi connectivity index (χ3v) is 9.00. The largest absolute Gasteiger partial charge is 0.410 e. The molecule has 0 saturated heterocycles. The summed E-state index contributed by atoms with van der Waals surface area (Å²) in [6, 6.07) is 0. The quantitative estimate of drug-likeness (QED) is 0.577. The van der Waals surface area contributed by atoms with Gasteiger partial charge in [0, 0.05) is 0 Å². The Bertz CT molecular complexity index is 335. The molecule has 0 fully saturated rings. The van der Waals surface area contributed by atoms with E-state index in [0.717, 1.165) is 0 Å². The second kappa shape index (κ2) is 6.44. The predicted molar refractivity (Wildman–Crippen MR) is 74.5 cm³/mol. The van der Waals surface area contributed by atoms with Gasteiger partial charge >= 0.3 is 7.60 Å². The number of Topliss-reactive ketones (excluding diaryl/α,β-unsaturated/α-hetero) is 1. The SMILES string of the molecule is CCOP(=O)(O)CC(=O)CO[Si](C)(C)C(C)(C)C. The van der Waals surface area contributed by atoms with E-state index in [2.05, 4.69) is 25.3 Å². The van der Waals surface area contributed by atoms with E-state index in [9.17, 15) is 14.3 Å². The average Bonchev–Trinajstić information content (AvgIpc) is 2.12. The Morgan fingerprint density at radius 1 is 1.33 bits per heavy atom. The van der Waals surface area contributed by atoms with Gasteiger partial charge in [0.05, 0.1) is 13.2 Å². The molecule has 1 unspecified atom stereocenters. The van der Waals surface area contributed by atoms with Crippen molar-refractivity contribution < 1.29 is 23.2 Å². The summed E-state index contributed by atoms with van der Waals surface area (Å²) in [7, 11) is -5.78. The van der Waals surface area contributed by atoms with Gasteiger partial charge in [0.15, 0.2) is 14.1 Å². The highest BCUT2D eigenvalue weighted by molar-refractivity contribution is 7.53. The Labute approximate surface area is 111 Å². The van der Waals surface area contributed by atoms with Crippen molar-refractivity contribution in [3.05, 3.63) is 0 Å². The minimum absolute atomic E-state index is 0.0100. The summed E-state index contributed by atoms with van der Waals surface area (Å²) in [6.45, 7) is 11.9. The van der Waals surface area contributed by atoms with Crippen LogP contribution >= 0.6 is 7.60 Å². The van der Waals surface area contributed by atoms with E-state index < -0.39 is 22.1 Å². The molecule has 5 nitrogen and oxygen atoms in total. The zero-order chi connectivity index (χ0) is 14.6. The highest BCUT2D eigenvalue weighted by Gasteiger charge is 2.38. The maximum Gasteiger partial charge on any atom is 0.335 e. The molecule has 0 saturated carbocycles. The number of hydrogen-bond acceptors (Lipinski definition) is 4. The summed E-state index contributed by atoms with van der Waals surface area (Å²) in [5.74, 6) is -0.390. The molecule has 0 aromatic carbocycles. The molecule has 108 valence electrons. The molecule has 0 heterocycles. The van der Waals surface area contributed by atoms with Crippen LogP contribution in [-0.2, 0) is 18.3 Å². The normalized spacial score (nSPS) is 16.4. The first kappa shape index (κ1) is 18.0. The second-order valence-corrected chi connectivity index (χ2v) is 12.5. The molecule has 1 N–H and O–H groups in total. The molecule has 0 aromatic rings. The molecule has 0 aromatic heterocycles. The molecule has 0 rings (SSSR count). The molecule has 0 radical (unpaired) electrons. The van der Waals surface area contributed by atoms with Crippen LogP contribution in [0.1, 0.15) is 27.7 Å². The lowest BCUT2D eigenvalue weighted by Crippen LogP contribution is -2.42. The van der Waals surface area contributed by atoms with Gasteiger partial charge in [0.2, 0.25) is 0 Å². The van der Waals surface area contributed by atoms with Crippen molar-refractivity contribution in [2.24, 2.45) is 0 Å². The Hall–Kier alpha value is -0.00312. The fourth-order valence-electron chi connectivity index (χ4n) is 0.993. The van der Waals surface area contributed by atoms with E-state index in [4.69, 9.17) is 4.43 Å². The highest BCUT2D eigenvalue weighted by atomic mass is 31.2. The lowest BCUT2D eigenvalue weighted by molar-refractivity contribution is -0.119. The van der Waals surface area contributed by atoms with Gasteiger partial charge in [-0.05, 0) is 25.1 Å². The van der Waals surface area contributed by atoms with Crippen LogP contribution in [0.15, 0.2) is 0 Å². The molecule has 0 amide bonds. The third kappa shape index (κ3) is 6.25. The molecule has 1 atom stereocenters. The summed E-state index contributed by atoms with van der Waals surface area (Å²) in [6.07, 6.45) is -0.477. The zero-order valence-corrected chi connectivity index (χ0v) is 14.0. The van der Waals surface area contributed by atoms with E-state index in [1.54, 1.807) is 6.92 Å². The molecule has 0 spiro atoms. The summed E-state index contributed by atoms with van der Waals surface area (Å²) in [4.78, 5) is 20.9. The first-order valence-electron chi connectivity index (χ1n) is 6.03. The fraction of sp³-hybridized carbons (Fsp3) is 0.909. The molecule has 0 aliphatic heterocycles. The van der Waals surface area contributed by atoms with Gasteiger partial charge in [-0.1, -0.05) is 20.8 Å². The fourth-order valence-corrected chi connectivity index (χ4v) is 2.98. The Morgan fingerprint density at radius 2 is 1.83 bits per heavy atom. The van der Waals surface area contributed by atoms with Crippen molar-refractivity contribution in [2.45, 2.75) is 45.8 Å². The lowest BCUT2D eigenvalue weighted by Gasteiger charge is -2.35. The van der Waals surface area contributed by atoms with Crippen molar-refractivity contribution in [3.8, 4) is 0 Å². The van der Waals surface area contributed by atoms with Crippen LogP contribution in [0.4, 0.5) is 0 Å². The predicted octanol–water partition coefficient (Wildman–Crippen LogP) is 2.80. The van der Waals surface area contributed by atoms with Gasteiger partial charge < -0.3 is 13.8 Å². The van der Waals surface area contributed by atoms with E-state index in [1.165, 1.54) is 0 Å².